The van der Waals surface area contributed by atoms with Crippen molar-refractivity contribution >= 4 is 0 Å². The van der Waals surface area contributed by atoms with Crippen molar-refractivity contribution in [3.05, 3.63) is 0 Å². The topological polar surface area (TPSA) is 101 Å². The number of likely N-dealkylation sites (N-methyl/N-ethyl adjacent to an activating group) is 1. The van der Waals surface area contributed by atoms with Gasteiger partial charge in [0.2, 0.25) is 0 Å². The van der Waals surface area contributed by atoms with Crippen LogP contribution in [0.25, 0.3) is 0 Å². The van der Waals surface area contributed by atoms with E-state index in [1.807, 2.05) is 0 Å². The molecule has 0 amide bonds. The number of ether oxygens (including phenoxy) is 4. The average Bonchev–Trinajstić information content (AvgIpc) is 3.22. The summed E-state index contributed by atoms with van der Waals surface area (Å²) in [6, 6.07) is -0.386. The van der Waals surface area contributed by atoms with Gasteiger partial charge in [-0.1, -0.05) is 6.92 Å². The fourth-order valence-corrected chi connectivity index (χ4v) is 11.0. The number of aliphatic hydroxyl groups excluding tert-OH is 1. The molecule has 8 nitrogen and oxygen atoms in total. The van der Waals surface area contributed by atoms with Crippen LogP contribution < -0.4 is 0 Å². The highest BCUT2D eigenvalue weighted by molar-refractivity contribution is 5.41. The Labute approximate surface area is 196 Å². The van der Waals surface area contributed by atoms with Crippen LogP contribution in [0.3, 0.4) is 0 Å². The van der Waals surface area contributed by atoms with Gasteiger partial charge in [0.1, 0.15) is 11.2 Å². The zero-order valence-corrected chi connectivity index (χ0v) is 20.6. The van der Waals surface area contributed by atoms with Crippen LogP contribution in [0.2, 0.25) is 0 Å². The zero-order chi connectivity index (χ0) is 23.6. The predicted octanol–water partition coefficient (Wildman–Crippen LogP) is 0.271. The fraction of sp³-hybridized carbons (Fsp3) is 1.00. The largest absolute Gasteiger partial charge is 0.392 e. The Morgan fingerprint density at radius 2 is 1.82 bits per heavy atom. The first-order chi connectivity index (χ1) is 15.8. The molecule has 0 radical (unpaired) electrons. The van der Waals surface area contributed by atoms with Crippen molar-refractivity contribution in [2.24, 2.45) is 34.5 Å². The van der Waals surface area contributed by atoms with E-state index in [-0.39, 0.29) is 47.3 Å². The van der Waals surface area contributed by atoms with E-state index >= 15 is 0 Å². The van der Waals surface area contributed by atoms with Crippen molar-refractivity contribution in [2.75, 3.05) is 48.1 Å². The molecular weight excluding hydrogens is 426 g/mol. The number of methoxy groups -OCH3 is 4. The Kier molecular flexibility index (Phi) is 4.99. The maximum absolute atomic E-state index is 12.9. The molecule has 3 N–H and O–H groups in total. The van der Waals surface area contributed by atoms with E-state index in [1.165, 1.54) is 0 Å². The molecule has 7 bridgehead atoms. The molecule has 3 unspecified atom stereocenters. The van der Waals surface area contributed by atoms with Crippen LogP contribution in [-0.4, -0.2) is 110 Å². The fourth-order valence-electron chi connectivity index (χ4n) is 11.0. The summed E-state index contributed by atoms with van der Waals surface area (Å²) in [7, 11) is 6.79. The molecule has 1 saturated heterocycles. The summed E-state index contributed by atoms with van der Waals surface area (Å²) in [5, 5.41) is 37.6. The molecule has 1 spiro atoms. The van der Waals surface area contributed by atoms with Gasteiger partial charge in [0.05, 0.1) is 37.1 Å². The molecule has 33 heavy (non-hydrogen) atoms. The van der Waals surface area contributed by atoms with Gasteiger partial charge < -0.3 is 34.3 Å². The van der Waals surface area contributed by atoms with Crippen LogP contribution in [0.4, 0.5) is 0 Å². The smallest absolute Gasteiger partial charge is 0.136 e. The number of hydrogen-bond donors (Lipinski definition) is 3. The first-order valence-corrected chi connectivity index (χ1v) is 12.7. The highest BCUT2D eigenvalue weighted by atomic mass is 16.5. The molecule has 8 heteroatoms. The first kappa shape index (κ1) is 23.1. The van der Waals surface area contributed by atoms with E-state index < -0.39 is 28.8 Å². The van der Waals surface area contributed by atoms with Crippen LogP contribution in [-0.2, 0) is 18.9 Å². The molecule has 13 atom stereocenters. The van der Waals surface area contributed by atoms with E-state index in [0.29, 0.717) is 19.4 Å². The lowest BCUT2D eigenvalue weighted by atomic mass is 9.42. The third-order valence-corrected chi connectivity index (χ3v) is 11.5. The van der Waals surface area contributed by atoms with Gasteiger partial charge in [0.25, 0.3) is 0 Å². The standard InChI is InChI=1S/C25H41NO7/c1-6-26-11-22(12-30-2)8-7-16(27)24-14-9-13-15(31-3)10-23(28,17(14)18(13)32-4)25(29,21(24)26)20(33-5)19(22)24/h13-21,27-29H,6-12H2,1-5H3/t13-,14?,15?,16+,17?,18+,19-,20+,21+,22+,23-,24+,25+/m1/s1. The molecular formula is C25H41NO7. The summed E-state index contributed by atoms with van der Waals surface area (Å²) in [5.41, 5.74) is -3.82. The second-order valence-corrected chi connectivity index (χ2v) is 11.9. The number of aliphatic hydroxyl groups is 3. The first-order valence-electron chi connectivity index (χ1n) is 12.7. The molecule has 6 rings (SSSR count). The van der Waals surface area contributed by atoms with Gasteiger partial charge in [-0.25, -0.2) is 0 Å². The Bertz CT molecular complexity index is 814. The van der Waals surface area contributed by atoms with Gasteiger partial charge in [-0.2, -0.15) is 0 Å². The third-order valence-electron chi connectivity index (χ3n) is 11.5. The Balaban J connectivity index is 1.67. The number of rotatable bonds is 6. The Hall–Kier alpha value is -0.320. The normalized spacial score (nSPS) is 60.9. The highest BCUT2D eigenvalue weighted by Crippen LogP contribution is 2.80. The molecule has 1 heterocycles. The molecule has 5 saturated carbocycles. The SMILES string of the molecule is CCN1C[C@]2(COC)CC[C@H](O)[C@@]34C5C[C@@H]6C(OC)C[C@@](O)(C5[C@H]6OC)[C@](O)([C@@H](OC)[C@H]23)[C@@H]14. The van der Waals surface area contributed by atoms with Crippen molar-refractivity contribution in [2.45, 2.75) is 74.3 Å². The van der Waals surface area contributed by atoms with Gasteiger partial charge in [-0.3, -0.25) is 4.90 Å². The lowest BCUT2D eigenvalue weighted by Gasteiger charge is -2.69. The number of likely N-dealkylation sites (tertiary alicyclic amines) is 1. The van der Waals surface area contributed by atoms with E-state index in [4.69, 9.17) is 18.9 Å². The van der Waals surface area contributed by atoms with Gasteiger partial charge in [0.15, 0.2) is 0 Å². The van der Waals surface area contributed by atoms with Crippen molar-refractivity contribution in [1.29, 1.82) is 0 Å². The Morgan fingerprint density at radius 3 is 2.42 bits per heavy atom. The number of fused-ring (bicyclic) bond motifs is 2. The summed E-state index contributed by atoms with van der Waals surface area (Å²) in [4.78, 5) is 2.33. The molecule has 6 fully saturated rings. The molecule has 0 aromatic heterocycles. The van der Waals surface area contributed by atoms with Crippen molar-refractivity contribution < 1.29 is 34.3 Å². The second kappa shape index (κ2) is 7.13. The summed E-state index contributed by atoms with van der Waals surface area (Å²) < 4.78 is 24.0. The molecule has 188 valence electrons. The van der Waals surface area contributed by atoms with E-state index in [0.717, 1.165) is 25.9 Å². The minimum absolute atomic E-state index is 0.00825. The summed E-state index contributed by atoms with van der Waals surface area (Å²) >= 11 is 0. The lowest BCUT2D eigenvalue weighted by molar-refractivity contribution is -0.318. The van der Waals surface area contributed by atoms with Crippen LogP contribution in [0.1, 0.15) is 32.6 Å². The van der Waals surface area contributed by atoms with Gasteiger partial charge in [-0.15, -0.1) is 0 Å². The molecule has 0 aromatic carbocycles. The minimum atomic E-state index is -1.55. The maximum Gasteiger partial charge on any atom is 0.136 e. The van der Waals surface area contributed by atoms with Crippen molar-refractivity contribution in [3.8, 4) is 0 Å². The molecule has 6 aliphatic rings. The molecule has 0 aromatic rings. The minimum Gasteiger partial charge on any atom is -0.392 e. The zero-order valence-electron chi connectivity index (χ0n) is 20.6. The molecule has 5 aliphatic carbocycles. The lowest BCUT2D eigenvalue weighted by Crippen LogP contribution is -2.82. The maximum atomic E-state index is 12.9. The number of piperidine rings is 1. The predicted molar refractivity (Wildman–Crippen MR) is 119 cm³/mol. The number of hydrogen-bond acceptors (Lipinski definition) is 8. The van der Waals surface area contributed by atoms with E-state index in [1.54, 1.807) is 28.4 Å². The van der Waals surface area contributed by atoms with Gasteiger partial charge in [0, 0.05) is 70.0 Å². The Morgan fingerprint density at radius 1 is 1.06 bits per heavy atom. The summed E-state index contributed by atoms with van der Waals surface area (Å²) in [6.07, 6.45) is 1.06. The van der Waals surface area contributed by atoms with E-state index in [9.17, 15) is 15.3 Å². The number of nitrogens with zero attached hydrogens (tertiary/aromatic N) is 1. The monoisotopic (exact) mass is 467 g/mol. The van der Waals surface area contributed by atoms with Gasteiger partial charge in [-0.05, 0) is 31.7 Å². The van der Waals surface area contributed by atoms with Crippen LogP contribution in [0.5, 0.6) is 0 Å². The highest BCUT2D eigenvalue weighted by Gasteiger charge is 2.91. The van der Waals surface area contributed by atoms with Crippen LogP contribution in [0, 0.1) is 34.5 Å². The molecule has 1 aliphatic heterocycles. The summed E-state index contributed by atoms with van der Waals surface area (Å²) in [5.74, 6) is -0.231. The third kappa shape index (κ3) is 2.20. The van der Waals surface area contributed by atoms with Crippen LogP contribution in [0.15, 0.2) is 0 Å². The van der Waals surface area contributed by atoms with Crippen LogP contribution >= 0.6 is 0 Å². The quantitative estimate of drug-likeness (QED) is 0.512. The van der Waals surface area contributed by atoms with Gasteiger partial charge >= 0.3 is 0 Å². The average molecular weight is 468 g/mol. The van der Waals surface area contributed by atoms with E-state index in [2.05, 4.69) is 11.8 Å². The second-order valence-electron chi connectivity index (χ2n) is 11.9. The van der Waals surface area contributed by atoms with Crippen molar-refractivity contribution in [1.82, 2.24) is 4.90 Å². The summed E-state index contributed by atoms with van der Waals surface area (Å²) in [6.45, 7) is 4.18. The van der Waals surface area contributed by atoms with Crippen molar-refractivity contribution in [3.63, 3.8) is 0 Å².